The van der Waals surface area contributed by atoms with Crippen molar-refractivity contribution in [2.45, 2.75) is 6.82 Å². The highest BCUT2D eigenvalue weighted by Gasteiger charge is 2.10. The Balaban J connectivity index is 3.06. The van der Waals surface area contributed by atoms with Crippen molar-refractivity contribution in [2.75, 3.05) is 14.1 Å². The van der Waals surface area contributed by atoms with Crippen molar-refractivity contribution >= 4 is 18.6 Å². The maximum absolute atomic E-state index is 13.1. The first-order valence-corrected chi connectivity index (χ1v) is 4.56. The number of amides is 1. The Kier molecular flexibility index (Phi) is 3.28. The average Bonchev–Trinajstić information content (AvgIpc) is 2.17. The summed E-state index contributed by atoms with van der Waals surface area (Å²) in [6.07, 6.45) is 0. The first-order chi connectivity index (χ1) is 6.56. The van der Waals surface area contributed by atoms with Crippen molar-refractivity contribution in [3.8, 4) is 0 Å². The molecule has 1 rings (SSSR count). The van der Waals surface area contributed by atoms with Crippen LogP contribution in [0.2, 0.25) is 6.82 Å². The molecule has 0 radical (unpaired) electrons. The van der Waals surface area contributed by atoms with Gasteiger partial charge in [0.1, 0.15) is 5.82 Å². The van der Waals surface area contributed by atoms with Gasteiger partial charge in [-0.3, -0.25) is 4.79 Å². The molecule has 0 saturated carbocycles. The maximum Gasteiger partial charge on any atom is 0.253 e. The van der Waals surface area contributed by atoms with E-state index in [0.29, 0.717) is 18.3 Å². The van der Waals surface area contributed by atoms with Gasteiger partial charge in [-0.15, -0.1) is 0 Å². The number of carbonyl (C=O) groups excluding carboxylic acids is 1. The molecule has 4 heteroatoms. The molecule has 0 bridgehead atoms. The van der Waals surface area contributed by atoms with Gasteiger partial charge in [-0.2, -0.15) is 0 Å². The Morgan fingerprint density at radius 2 is 2.07 bits per heavy atom. The van der Waals surface area contributed by atoms with E-state index >= 15 is 0 Å². The monoisotopic (exact) mass is 193 g/mol. The second-order valence-electron chi connectivity index (χ2n) is 3.36. The predicted molar refractivity (Wildman–Crippen MR) is 57.1 cm³/mol. The van der Waals surface area contributed by atoms with Gasteiger partial charge in [0.05, 0.1) is 0 Å². The topological polar surface area (TPSA) is 20.3 Å². The highest BCUT2D eigenvalue weighted by molar-refractivity contribution is 6.52. The number of halogens is 1. The highest BCUT2D eigenvalue weighted by Crippen LogP contribution is 2.03. The zero-order chi connectivity index (χ0) is 10.7. The van der Waals surface area contributed by atoms with Crippen LogP contribution in [0.1, 0.15) is 10.4 Å². The smallest absolute Gasteiger partial charge is 0.253 e. The molecule has 74 valence electrons. The molecule has 14 heavy (non-hydrogen) atoms. The van der Waals surface area contributed by atoms with Crippen LogP contribution in [-0.2, 0) is 0 Å². The summed E-state index contributed by atoms with van der Waals surface area (Å²) in [7, 11) is 3.95. The van der Waals surface area contributed by atoms with E-state index in [4.69, 9.17) is 0 Å². The van der Waals surface area contributed by atoms with E-state index in [1.807, 2.05) is 6.82 Å². The molecule has 0 aliphatic carbocycles. The number of nitrogens with zero attached hydrogens (tertiary/aromatic N) is 1. The van der Waals surface area contributed by atoms with E-state index in [9.17, 15) is 9.18 Å². The van der Waals surface area contributed by atoms with Gasteiger partial charge < -0.3 is 4.90 Å². The van der Waals surface area contributed by atoms with Crippen LogP contribution < -0.4 is 5.46 Å². The van der Waals surface area contributed by atoms with Crippen LogP contribution >= 0.6 is 0 Å². The third kappa shape index (κ3) is 2.13. The Bertz CT molecular complexity index is 352. The lowest BCUT2D eigenvalue weighted by molar-refractivity contribution is 0.0827. The van der Waals surface area contributed by atoms with Crippen molar-refractivity contribution in [3.63, 3.8) is 0 Å². The van der Waals surface area contributed by atoms with Crippen LogP contribution in [0.15, 0.2) is 18.2 Å². The number of rotatable bonds is 2. The molecular formula is C10H13BFNO. The van der Waals surface area contributed by atoms with Crippen molar-refractivity contribution < 1.29 is 9.18 Å². The molecule has 0 saturated heterocycles. The van der Waals surface area contributed by atoms with Gasteiger partial charge in [-0.25, -0.2) is 4.39 Å². The first-order valence-electron chi connectivity index (χ1n) is 4.56. The maximum atomic E-state index is 13.1. The highest BCUT2D eigenvalue weighted by atomic mass is 19.1. The number of hydrogen-bond acceptors (Lipinski definition) is 1. The molecular weight excluding hydrogens is 180 g/mol. The van der Waals surface area contributed by atoms with Gasteiger partial charge >= 0.3 is 0 Å². The van der Waals surface area contributed by atoms with Gasteiger partial charge in [0.2, 0.25) is 0 Å². The molecule has 0 atom stereocenters. The molecule has 2 nitrogen and oxygen atoms in total. The van der Waals surface area contributed by atoms with Gasteiger partial charge in [0.25, 0.3) is 5.91 Å². The van der Waals surface area contributed by atoms with Gasteiger partial charge in [-0.05, 0) is 17.6 Å². The number of carbonyl (C=O) groups is 1. The van der Waals surface area contributed by atoms with E-state index in [1.54, 1.807) is 20.2 Å². The van der Waals surface area contributed by atoms with Crippen LogP contribution in [0, 0.1) is 5.82 Å². The zero-order valence-electron chi connectivity index (χ0n) is 8.67. The largest absolute Gasteiger partial charge is 0.345 e. The molecule has 1 amide bonds. The molecule has 1 aromatic rings. The van der Waals surface area contributed by atoms with E-state index in [1.165, 1.54) is 17.0 Å². The molecule has 0 aromatic heterocycles. The molecule has 0 aliphatic heterocycles. The fraction of sp³-hybridized carbons (Fsp3) is 0.300. The minimum atomic E-state index is -0.247. The van der Waals surface area contributed by atoms with E-state index in [0.717, 1.165) is 0 Å². The quantitative estimate of drug-likeness (QED) is 0.631. The summed E-state index contributed by atoms with van der Waals surface area (Å²) in [6, 6.07) is 4.46. The lowest BCUT2D eigenvalue weighted by Gasteiger charge is -2.11. The first kappa shape index (κ1) is 10.8. The van der Waals surface area contributed by atoms with E-state index in [2.05, 4.69) is 0 Å². The van der Waals surface area contributed by atoms with Crippen LogP contribution in [0.3, 0.4) is 0 Å². The summed E-state index contributed by atoms with van der Waals surface area (Å²) in [5.74, 6) is -0.345. The van der Waals surface area contributed by atoms with E-state index < -0.39 is 0 Å². The fourth-order valence-corrected chi connectivity index (χ4v) is 1.24. The van der Waals surface area contributed by atoms with Gasteiger partial charge in [-0.1, -0.05) is 12.9 Å². The van der Waals surface area contributed by atoms with Crippen molar-refractivity contribution in [3.05, 3.63) is 29.6 Å². The van der Waals surface area contributed by atoms with E-state index in [-0.39, 0.29) is 11.7 Å². The summed E-state index contributed by atoms with van der Waals surface area (Å²) in [6.45, 7) is 1.86. The number of benzene rings is 1. The standard InChI is InChI=1S/C10H13BFNO/c1-11-8-6-7(4-5-9(8)12)10(14)13(2)3/h4-6,11H,1-3H3. The lowest BCUT2D eigenvalue weighted by Crippen LogP contribution is -2.24. The molecule has 0 N–H and O–H groups in total. The van der Waals surface area contributed by atoms with Crippen LogP contribution in [0.5, 0.6) is 0 Å². The summed E-state index contributed by atoms with van der Waals surface area (Å²) in [4.78, 5) is 13.0. The summed E-state index contributed by atoms with van der Waals surface area (Å²) in [5, 5.41) is 0. The van der Waals surface area contributed by atoms with Gasteiger partial charge in [0.15, 0.2) is 7.28 Å². The molecule has 0 fully saturated rings. The van der Waals surface area contributed by atoms with Crippen molar-refractivity contribution in [1.29, 1.82) is 0 Å². The van der Waals surface area contributed by atoms with Gasteiger partial charge in [0, 0.05) is 19.7 Å². The molecule has 1 aromatic carbocycles. The minimum Gasteiger partial charge on any atom is -0.345 e. The third-order valence-electron chi connectivity index (χ3n) is 2.08. The Labute approximate surface area is 84.0 Å². The lowest BCUT2D eigenvalue weighted by atomic mass is 9.72. The summed E-state index contributed by atoms with van der Waals surface area (Å²) < 4.78 is 13.1. The van der Waals surface area contributed by atoms with Crippen LogP contribution in [-0.4, -0.2) is 32.2 Å². The third-order valence-corrected chi connectivity index (χ3v) is 2.08. The second kappa shape index (κ2) is 4.27. The van der Waals surface area contributed by atoms with Crippen molar-refractivity contribution in [1.82, 2.24) is 4.90 Å². The zero-order valence-corrected chi connectivity index (χ0v) is 8.67. The SMILES string of the molecule is CBc1cc(C(=O)N(C)C)ccc1F. The summed E-state index contributed by atoms with van der Waals surface area (Å²) in [5.41, 5.74) is 1.12. The number of hydrogen-bond donors (Lipinski definition) is 0. The summed E-state index contributed by atoms with van der Waals surface area (Å²) >= 11 is 0. The Morgan fingerprint density at radius 1 is 1.43 bits per heavy atom. The predicted octanol–water partition coefficient (Wildman–Crippen LogP) is 0.637. The average molecular weight is 193 g/mol. The second-order valence-corrected chi connectivity index (χ2v) is 3.36. The molecule has 0 aliphatic rings. The molecule has 0 unspecified atom stereocenters. The Morgan fingerprint density at radius 3 is 2.57 bits per heavy atom. The normalized spacial score (nSPS) is 9.71. The Hall–Kier alpha value is -1.32. The fourth-order valence-electron chi connectivity index (χ4n) is 1.24. The molecule has 0 heterocycles. The van der Waals surface area contributed by atoms with Crippen LogP contribution in [0.25, 0.3) is 0 Å². The van der Waals surface area contributed by atoms with Crippen LogP contribution in [0.4, 0.5) is 4.39 Å². The molecule has 0 spiro atoms. The minimum absolute atomic E-state index is 0.0975. The van der Waals surface area contributed by atoms with Crippen molar-refractivity contribution in [2.24, 2.45) is 0 Å².